The number of aliphatic imine (C=N–C) groups is 1. The summed E-state index contributed by atoms with van der Waals surface area (Å²) in [7, 11) is 1.76. The second kappa shape index (κ2) is 10.1. The molecule has 8 heteroatoms. The van der Waals surface area contributed by atoms with E-state index in [9.17, 15) is 13.2 Å². The Labute approximate surface area is 157 Å². The van der Waals surface area contributed by atoms with Crippen LogP contribution >= 0.6 is 11.8 Å². The van der Waals surface area contributed by atoms with Crippen molar-refractivity contribution < 1.29 is 13.2 Å². The first-order valence-electron chi connectivity index (χ1n) is 8.77. The van der Waals surface area contributed by atoms with Crippen LogP contribution in [0.15, 0.2) is 29.3 Å². The lowest BCUT2D eigenvalue weighted by molar-refractivity contribution is -0.137. The van der Waals surface area contributed by atoms with Crippen LogP contribution in [0.1, 0.15) is 24.0 Å². The fourth-order valence-corrected chi connectivity index (χ4v) is 3.40. The number of alkyl halides is 3. The number of hydrogen-bond donors (Lipinski definition) is 2. The lowest BCUT2D eigenvalue weighted by Gasteiger charge is -2.19. The van der Waals surface area contributed by atoms with Crippen molar-refractivity contribution in [2.45, 2.75) is 31.6 Å². The molecule has 0 aromatic heterocycles. The van der Waals surface area contributed by atoms with Crippen molar-refractivity contribution in [1.82, 2.24) is 15.5 Å². The summed E-state index contributed by atoms with van der Waals surface area (Å²) in [6, 6.07) is 5.74. The van der Waals surface area contributed by atoms with Crippen LogP contribution < -0.4 is 10.6 Å². The molecule has 1 unspecified atom stereocenters. The van der Waals surface area contributed by atoms with Crippen molar-refractivity contribution in [2.75, 3.05) is 38.7 Å². The van der Waals surface area contributed by atoms with Crippen molar-refractivity contribution in [3.8, 4) is 0 Å². The number of rotatable bonds is 7. The minimum atomic E-state index is -4.28. The molecular weight excluding hydrogens is 361 g/mol. The number of halogens is 3. The number of benzene rings is 1. The van der Waals surface area contributed by atoms with E-state index in [1.807, 2.05) is 11.8 Å². The Morgan fingerprint density at radius 3 is 2.65 bits per heavy atom. The fourth-order valence-electron chi connectivity index (χ4n) is 2.96. The van der Waals surface area contributed by atoms with Gasteiger partial charge in [-0.1, -0.05) is 12.1 Å². The maximum Gasteiger partial charge on any atom is 0.416 e. The van der Waals surface area contributed by atoms with E-state index in [1.54, 1.807) is 19.2 Å². The highest BCUT2D eigenvalue weighted by atomic mass is 32.2. The Morgan fingerprint density at radius 1 is 1.31 bits per heavy atom. The van der Waals surface area contributed by atoms with E-state index in [-0.39, 0.29) is 0 Å². The molecule has 1 aliphatic heterocycles. The van der Waals surface area contributed by atoms with Crippen LogP contribution in [0.5, 0.6) is 0 Å². The lowest BCUT2D eigenvalue weighted by atomic mass is 10.1. The molecule has 1 saturated heterocycles. The molecule has 0 radical (unpaired) electrons. The highest BCUT2D eigenvalue weighted by molar-refractivity contribution is 7.98. The Hall–Kier alpha value is -1.41. The van der Waals surface area contributed by atoms with Crippen LogP contribution in [0.2, 0.25) is 0 Å². The zero-order valence-corrected chi connectivity index (χ0v) is 16.1. The zero-order valence-electron chi connectivity index (χ0n) is 15.3. The number of hydrogen-bond acceptors (Lipinski definition) is 3. The van der Waals surface area contributed by atoms with Crippen molar-refractivity contribution in [3.63, 3.8) is 0 Å². The number of guanidine groups is 1. The summed E-state index contributed by atoms with van der Waals surface area (Å²) in [5.41, 5.74) is 0.303. The van der Waals surface area contributed by atoms with E-state index >= 15 is 0 Å². The summed E-state index contributed by atoms with van der Waals surface area (Å²) >= 11 is 1.83. The molecule has 2 rings (SSSR count). The molecule has 1 fully saturated rings. The molecule has 0 aliphatic carbocycles. The van der Waals surface area contributed by atoms with Crippen molar-refractivity contribution in [2.24, 2.45) is 4.99 Å². The van der Waals surface area contributed by atoms with Crippen molar-refractivity contribution >= 4 is 17.7 Å². The number of thioether (sulfide) groups is 1. The maximum absolute atomic E-state index is 12.6. The number of nitrogens with one attached hydrogen (secondary N) is 2. The molecule has 0 bridgehead atoms. The molecule has 1 aromatic rings. The van der Waals surface area contributed by atoms with Gasteiger partial charge >= 0.3 is 6.18 Å². The molecule has 0 saturated carbocycles. The predicted octanol–water partition coefficient (Wildman–Crippen LogP) is 3.20. The van der Waals surface area contributed by atoms with Gasteiger partial charge in [0.2, 0.25) is 0 Å². The summed E-state index contributed by atoms with van der Waals surface area (Å²) in [6.45, 7) is 3.33. The van der Waals surface area contributed by atoms with Gasteiger partial charge in [-0.15, -0.1) is 0 Å². The van der Waals surface area contributed by atoms with Crippen LogP contribution in [-0.2, 0) is 12.7 Å². The monoisotopic (exact) mass is 388 g/mol. The Balaban J connectivity index is 1.77. The van der Waals surface area contributed by atoms with Crippen LogP contribution in [-0.4, -0.2) is 55.6 Å². The quantitative estimate of drug-likeness (QED) is 0.428. The van der Waals surface area contributed by atoms with E-state index in [0.717, 1.165) is 61.9 Å². The molecule has 4 nitrogen and oxygen atoms in total. The molecule has 1 heterocycles. The standard InChI is InChI=1S/C18H27F3N4S/c1-22-17(23-9-3-11-26-2)24-16-8-10-25(13-16)12-14-4-6-15(7-5-14)18(19,20)21/h4-7,16H,3,8-13H2,1-2H3,(H2,22,23,24). The first kappa shape index (κ1) is 20.9. The molecule has 1 aliphatic rings. The maximum atomic E-state index is 12.6. The number of nitrogens with zero attached hydrogens (tertiary/aromatic N) is 2. The minimum absolute atomic E-state index is 0.302. The van der Waals surface area contributed by atoms with Gasteiger partial charge in [-0.2, -0.15) is 24.9 Å². The van der Waals surface area contributed by atoms with E-state index in [2.05, 4.69) is 26.8 Å². The molecule has 0 spiro atoms. The Bertz CT molecular complexity index is 575. The zero-order chi connectivity index (χ0) is 19.0. The van der Waals surface area contributed by atoms with Crippen molar-refractivity contribution in [1.29, 1.82) is 0 Å². The van der Waals surface area contributed by atoms with Gasteiger partial charge in [0.25, 0.3) is 0 Å². The summed E-state index contributed by atoms with van der Waals surface area (Å²) in [4.78, 5) is 6.50. The van der Waals surface area contributed by atoms with Gasteiger partial charge in [-0.3, -0.25) is 9.89 Å². The van der Waals surface area contributed by atoms with Gasteiger partial charge in [0, 0.05) is 39.3 Å². The minimum Gasteiger partial charge on any atom is -0.356 e. The Kier molecular flexibility index (Phi) is 8.09. The smallest absolute Gasteiger partial charge is 0.356 e. The van der Waals surface area contributed by atoms with Gasteiger partial charge in [-0.05, 0) is 42.5 Å². The van der Waals surface area contributed by atoms with Crippen LogP contribution in [0.3, 0.4) is 0 Å². The molecule has 1 aromatic carbocycles. The largest absolute Gasteiger partial charge is 0.416 e. The lowest BCUT2D eigenvalue weighted by Crippen LogP contribution is -2.44. The highest BCUT2D eigenvalue weighted by Crippen LogP contribution is 2.29. The van der Waals surface area contributed by atoms with E-state index in [0.29, 0.717) is 12.6 Å². The third-order valence-electron chi connectivity index (χ3n) is 4.34. The third kappa shape index (κ3) is 6.72. The third-order valence-corrected chi connectivity index (χ3v) is 5.04. The second-order valence-corrected chi connectivity index (χ2v) is 7.39. The van der Waals surface area contributed by atoms with Gasteiger partial charge in [0.15, 0.2) is 5.96 Å². The Morgan fingerprint density at radius 2 is 2.04 bits per heavy atom. The van der Waals surface area contributed by atoms with Gasteiger partial charge in [-0.25, -0.2) is 0 Å². The molecule has 0 amide bonds. The first-order valence-corrected chi connectivity index (χ1v) is 10.2. The van der Waals surface area contributed by atoms with Crippen LogP contribution in [0.4, 0.5) is 13.2 Å². The SMILES string of the molecule is CN=C(NCCCSC)NC1CCN(Cc2ccc(C(F)(F)F)cc2)C1. The summed E-state index contributed by atoms with van der Waals surface area (Å²) in [5, 5.41) is 6.75. The van der Waals surface area contributed by atoms with Gasteiger partial charge in [0.05, 0.1) is 5.56 Å². The predicted molar refractivity (Wildman–Crippen MR) is 103 cm³/mol. The van der Waals surface area contributed by atoms with E-state index in [1.165, 1.54) is 0 Å². The normalized spacial score (nSPS) is 19.0. The van der Waals surface area contributed by atoms with E-state index in [4.69, 9.17) is 0 Å². The van der Waals surface area contributed by atoms with Crippen molar-refractivity contribution in [3.05, 3.63) is 35.4 Å². The van der Waals surface area contributed by atoms with Gasteiger partial charge in [0.1, 0.15) is 0 Å². The number of likely N-dealkylation sites (tertiary alicyclic amines) is 1. The molecule has 26 heavy (non-hydrogen) atoms. The van der Waals surface area contributed by atoms with Gasteiger partial charge < -0.3 is 10.6 Å². The summed E-state index contributed by atoms with van der Waals surface area (Å²) in [6.07, 6.45) is -0.102. The fraction of sp³-hybridized carbons (Fsp3) is 0.611. The molecule has 2 N–H and O–H groups in total. The van der Waals surface area contributed by atoms with Crippen LogP contribution in [0, 0.1) is 0 Å². The average molecular weight is 389 g/mol. The van der Waals surface area contributed by atoms with E-state index < -0.39 is 11.7 Å². The topological polar surface area (TPSA) is 39.7 Å². The second-order valence-electron chi connectivity index (χ2n) is 6.41. The van der Waals surface area contributed by atoms with Crippen LogP contribution in [0.25, 0.3) is 0 Å². The summed E-state index contributed by atoms with van der Waals surface area (Å²) < 4.78 is 37.9. The molecule has 146 valence electrons. The average Bonchev–Trinajstić information content (AvgIpc) is 3.04. The molecule has 1 atom stereocenters. The molecular formula is C18H27F3N4S. The highest BCUT2D eigenvalue weighted by Gasteiger charge is 2.30. The summed E-state index contributed by atoms with van der Waals surface area (Å²) in [5.74, 6) is 1.93. The first-order chi connectivity index (χ1) is 12.4.